The predicted octanol–water partition coefficient (Wildman–Crippen LogP) is 5.24. The van der Waals surface area contributed by atoms with Crippen molar-refractivity contribution in [3.05, 3.63) is 48.9 Å². The zero-order valence-corrected chi connectivity index (χ0v) is 17.0. The summed E-state index contributed by atoms with van der Waals surface area (Å²) >= 11 is 14.6. The zero-order chi connectivity index (χ0) is 17.8. The van der Waals surface area contributed by atoms with Gasteiger partial charge in [-0.25, -0.2) is 13.4 Å². The lowest BCUT2D eigenvalue weighted by Gasteiger charge is -2.19. The van der Waals surface area contributed by atoms with Crippen LogP contribution in [0.1, 0.15) is 10.6 Å². The lowest BCUT2D eigenvalue weighted by atomic mass is 10.1. The minimum Gasteiger partial charge on any atom is -0.266 e. The first kappa shape index (κ1) is 17.3. The van der Waals surface area contributed by atoms with Crippen LogP contribution in [0, 0.1) is 6.92 Å². The number of thiophene rings is 1. The van der Waals surface area contributed by atoms with Crippen molar-refractivity contribution in [2.75, 3.05) is 10.8 Å². The number of hydrogen-bond acceptors (Lipinski definition) is 5. The molecule has 1 aliphatic heterocycles. The van der Waals surface area contributed by atoms with Crippen LogP contribution < -0.4 is 4.31 Å². The van der Waals surface area contributed by atoms with E-state index in [1.165, 1.54) is 10.4 Å². The largest absolute Gasteiger partial charge is 0.266 e. The van der Waals surface area contributed by atoms with E-state index in [1.54, 1.807) is 11.3 Å². The van der Waals surface area contributed by atoms with Gasteiger partial charge in [-0.2, -0.15) is 0 Å². The highest BCUT2D eigenvalue weighted by Gasteiger charge is 2.33. The summed E-state index contributed by atoms with van der Waals surface area (Å²) in [5.74, 6) is 0. The summed E-state index contributed by atoms with van der Waals surface area (Å²) in [6.07, 6.45) is 0.654. The topological polar surface area (TPSA) is 50.3 Å². The summed E-state index contributed by atoms with van der Waals surface area (Å²) in [7, 11) is -3.72. The number of aromatic nitrogens is 1. The summed E-state index contributed by atoms with van der Waals surface area (Å²) in [4.78, 5) is 4.56. The number of fused-ring (bicyclic) bond motifs is 1. The number of aryl methyl sites for hydroxylation is 1. The molecule has 0 aliphatic carbocycles. The van der Waals surface area contributed by atoms with Crippen LogP contribution in [0.15, 0.2) is 34.5 Å². The van der Waals surface area contributed by atoms with Crippen LogP contribution in [-0.2, 0) is 16.4 Å². The summed E-state index contributed by atoms with van der Waals surface area (Å²) < 4.78 is 27.9. The lowest BCUT2D eigenvalue weighted by molar-refractivity contribution is 0.593. The summed E-state index contributed by atoms with van der Waals surface area (Å²) in [5.41, 5.74) is 3.59. The van der Waals surface area contributed by atoms with Gasteiger partial charge in [-0.05, 0) is 37.1 Å². The molecule has 0 fully saturated rings. The van der Waals surface area contributed by atoms with Crippen molar-refractivity contribution in [2.24, 2.45) is 0 Å². The van der Waals surface area contributed by atoms with Gasteiger partial charge in [-0.15, -0.1) is 22.7 Å². The Morgan fingerprint density at radius 2 is 2.04 bits per heavy atom. The van der Waals surface area contributed by atoms with Crippen molar-refractivity contribution in [1.29, 1.82) is 0 Å². The van der Waals surface area contributed by atoms with Gasteiger partial charge in [-0.1, -0.05) is 29.3 Å². The van der Waals surface area contributed by atoms with Gasteiger partial charge < -0.3 is 0 Å². The molecule has 0 spiro atoms. The predicted molar refractivity (Wildman–Crippen MR) is 105 cm³/mol. The lowest BCUT2D eigenvalue weighted by Crippen LogP contribution is -2.28. The highest BCUT2D eigenvalue weighted by atomic mass is 35.5. The SMILES string of the molecule is Cc1nc(-c2ccc3c(c2)CCN3S(=O)(=O)c2cc(Cl)sc2Cl)cs1. The van der Waals surface area contributed by atoms with E-state index >= 15 is 0 Å². The molecule has 0 atom stereocenters. The molecule has 4 nitrogen and oxygen atoms in total. The van der Waals surface area contributed by atoms with Crippen molar-refractivity contribution in [1.82, 2.24) is 4.98 Å². The Kier molecular flexibility index (Phi) is 4.32. The van der Waals surface area contributed by atoms with Gasteiger partial charge in [0.1, 0.15) is 9.23 Å². The van der Waals surface area contributed by atoms with E-state index in [4.69, 9.17) is 23.2 Å². The first-order valence-corrected chi connectivity index (χ1v) is 11.3. The molecule has 0 N–H and O–H groups in total. The van der Waals surface area contributed by atoms with Crippen LogP contribution in [0.4, 0.5) is 5.69 Å². The first-order valence-electron chi connectivity index (χ1n) is 7.39. The quantitative estimate of drug-likeness (QED) is 0.570. The second kappa shape index (κ2) is 6.25. The van der Waals surface area contributed by atoms with Crippen molar-refractivity contribution in [3.8, 4) is 11.3 Å². The number of benzene rings is 1. The average molecular weight is 431 g/mol. The van der Waals surface area contributed by atoms with Crippen molar-refractivity contribution >= 4 is 61.6 Å². The van der Waals surface area contributed by atoms with E-state index in [1.807, 2.05) is 30.5 Å². The normalized spacial score (nSPS) is 14.1. The molecule has 3 aromatic rings. The van der Waals surface area contributed by atoms with Gasteiger partial charge >= 0.3 is 0 Å². The van der Waals surface area contributed by atoms with E-state index in [2.05, 4.69) is 4.98 Å². The molecular formula is C16H12Cl2N2O2S3. The third-order valence-electron chi connectivity index (χ3n) is 4.04. The summed E-state index contributed by atoms with van der Waals surface area (Å²) in [5, 5.41) is 3.01. The maximum Gasteiger partial charge on any atom is 0.266 e. The minimum absolute atomic E-state index is 0.0659. The smallest absolute Gasteiger partial charge is 0.266 e. The van der Waals surface area contributed by atoms with Crippen LogP contribution in [-0.4, -0.2) is 19.9 Å². The molecule has 0 radical (unpaired) electrons. The van der Waals surface area contributed by atoms with E-state index in [0.29, 0.717) is 23.0 Å². The van der Waals surface area contributed by atoms with Crippen molar-refractivity contribution in [2.45, 2.75) is 18.2 Å². The molecule has 1 aliphatic rings. The molecule has 0 bridgehead atoms. The minimum atomic E-state index is -3.72. The Balaban J connectivity index is 1.74. The Morgan fingerprint density at radius 3 is 2.68 bits per heavy atom. The van der Waals surface area contributed by atoms with E-state index in [9.17, 15) is 8.42 Å². The maximum atomic E-state index is 13.0. The van der Waals surface area contributed by atoms with Crippen LogP contribution >= 0.6 is 45.9 Å². The first-order chi connectivity index (χ1) is 11.9. The number of hydrogen-bond donors (Lipinski definition) is 0. The standard InChI is InChI=1S/C16H12Cl2N2O2S3/c1-9-19-12(8-23-9)10-2-3-13-11(6-10)4-5-20(13)25(21,22)14-7-15(17)24-16(14)18/h2-3,6-8H,4-5H2,1H3. The van der Waals surface area contributed by atoms with Gasteiger partial charge in [0.15, 0.2) is 0 Å². The molecule has 0 saturated carbocycles. The Bertz CT molecular complexity index is 1070. The Hall–Kier alpha value is -1.12. The molecule has 130 valence electrons. The van der Waals surface area contributed by atoms with Crippen LogP contribution in [0.5, 0.6) is 0 Å². The monoisotopic (exact) mass is 430 g/mol. The van der Waals surface area contributed by atoms with Gasteiger partial charge in [0.2, 0.25) is 0 Å². The van der Waals surface area contributed by atoms with Gasteiger partial charge in [0.25, 0.3) is 10.0 Å². The molecule has 0 unspecified atom stereocenters. The molecule has 3 heterocycles. The van der Waals surface area contributed by atoms with Crippen LogP contribution in [0.3, 0.4) is 0 Å². The molecule has 0 amide bonds. The number of nitrogens with zero attached hydrogens (tertiary/aromatic N) is 2. The molecule has 2 aromatic heterocycles. The third kappa shape index (κ3) is 2.98. The second-order valence-corrected chi connectivity index (χ2v) is 10.8. The fourth-order valence-corrected chi connectivity index (χ4v) is 7.14. The fraction of sp³-hybridized carbons (Fsp3) is 0.188. The van der Waals surface area contributed by atoms with Crippen molar-refractivity contribution in [3.63, 3.8) is 0 Å². The highest BCUT2D eigenvalue weighted by molar-refractivity contribution is 7.93. The Labute approximate surface area is 163 Å². The molecule has 1 aromatic carbocycles. The maximum absolute atomic E-state index is 13.0. The summed E-state index contributed by atoms with van der Waals surface area (Å²) in [6.45, 7) is 2.35. The third-order valence-corrected chi connectivity index (χ3v) is 8.38. The number of rotatable bonds is 3. The number of anilines is 1. The number of sulfonamides is 1. The number of halogens is 2. The fourth-order valence-electron chi connectivity index (χ4n) is 2.90. The van der Waals surface area contributed by atoms with Crippen LogP contribution in [0.25, 0.3) is 11.3 Å². The Morgan fingerprint density at radius 1 is 1.24 bits per heavy atom. The van der Waals surface area contributed by atoms with Gasteiger partial charge in [0.05, 0.1) is 20.7 Å². The average Bonchev–Trinajstić information content (AvgIpc) is 3.25. The van der Waals surface area contributed by atoms with E-state index in [-0.39, 0.29) is 9.23 Å². The van der Waals surface area contributed by atoms with E-state index < -0.39 is 10.0 Å². The molecule has 25 heavy (non-hydrogen) atoms. The molecular weight excluding hydrogens is 419 g/mol. The summed E-state index contributed by atoms with van der Waals surface area (Å²) in [6, 6.07) is 7.17. The number of thiazole rings is 1. The molecule has 4 rings (SSSR count). The van der Waals surface area contributed by atoms with E-state index in [0.717, 1.165) is 33.2 Å². The molecule has 0 saturated heterocycles. The van der Waals surface area contributed by atoms with Gasteiger partial charge in [0, 0.05) is 17.5 Å². The second-order valence-electron chi connectivity index (χ2n) is 5.61. The van der Waals surface area contributed by atoms with Crippen LogP contribution in [0.2, 0.25) is 8.67 Å². The highest BCUT2D eigenvalue weighted by Crippen LogP contribution is 2.40. The molecule has 9 heteroatoms. The zero-order valence-electron chi connectivity index (χ0n) is 13.0. The van der Waals surface area contributed by atoms with Crippen molar-refractivity contribution < 1.29 is 8.42 Å². The van der Waals surface area contributed by atoms with Gasteiger partial charge in [-0.3, -0.25) is 4.31 Å².